The van der Waals surface area contributed by atoms with Gasteiger partial charge in [0.05, 0.1) is 7.11 Å². The Morgan fingerprint density at radius 1 is 1.39 bits per heavy atom. The highest BCUT2D eigenvalue weighted by atomic mass is 16.6. The van der Waals surface area contributed by atoms with Crippen molar-refractivity contribution in [1.82, 2.24) is 9.88 Å². The van der Waals surface area contributed by atoms with E-state index in [0.29, 0.717) is 19.4 Å². The molecule has 2 rings (SSSR count). The molecule has 6 heteroatoms. The normalized spacial score (nSPS) is 21.1. The molecule has 0 aliphatic carbocycles. The van der Waals surface area contributed by atoms with Gasteiger partial charge in [0.1, 0.15) is 11.1 Å². The van der Waals surface area contributed by atoms with Crippen LogP contribution in [0.1, 0.15) is 39.2 Å². The van der Waals surface area contributed by atoms with Crippen molar-refractivity contribution in [2.24, 2.45) is 0 Å². The minimum absolute atomic E-state index is 0.368. The lowest BCUT2D eigenvalue weighted by Gasteiger charge is -2.36. The van der Waals surface area contributed by atoms with Gasteiger partial charge < -0.3 is 9.47 Å². The van der Waals surface area contributed by atoms with Gasteiger partial charge in [0.25, 0.3) is 0 Å². The maximum Gasteiger partial charge on any atom is 0.411 e. The summed E-state index contributed by atoms with van der Waals surface area (Å²) >= 11 is 0. The number of ether oxygens (including phenoxy) is 2. The molecule has 0 radical (unpaired) electrons. The largest absolute Gasteiger partial charge is 0.467 e. The van der Waals surface area contributed by atoms with Crippen molar-refractivity contribution in [2.75, 3.05) is 13.7 Å². The number of carbonyl (C=O) groups is 2. The number of esters is 1. The number of rotatable bonds is 3. The second-order valence-electron chi connectivity index (χ2n) is 6.80. The summed E-state index contributed by atoms with van der Waals surface area (Å²) in [6.45, 7) is 5.90. The van der Waals surface area contributed by atoms with Crippen LogP contribution >= 0.6 is 0 Å². The quantitative estimate of drug-likeness (QED) is 0.801. The van der Waals surface area contributed by atoms with Crippen LogP contribution < -0.4 is 0 Å². The summed E-state index contributed by atoms with van der Waals surface area (Å²) in [5.41, 5.74) is -0.760. The molecule has 126 valence electrons. The molecule has 1 fully saturated rings. The Kier molecular flexibility index (Phi) is 4.92. The van der Waals surface area contributed by atoms with Gasteiger partial charge in [0.2, 0.25) is 0 Å². The lowest BCUT2D eigenvalue weighted by molar-refractivity contribution is -0.153. The SMILES string of the molecule is COC(=O)C1(Cc2cccnc2)CCCN1C(=O)OC(C)(C)C. The Morgan fingerprint density at radius 2 is 2.13 bits per heavy atom. The predicted molar refractivity (Wildman–Crippen MR) is 84.9 cm³/mol. The third-order valence-corrected chi connectivity index (χ3v) is 3.89. The van der Waals surface area contributed by atoms with Crippen molar-refractivity contribution in [2.45, 2.75) is 51.2 Å². The van der Waals surface area contributed by atoms with Gasteiger partial charge in [0.15, 0.2) is 0 Å². The van der Waals surface area contributed by atoms with E-state index in [1.807, 2.05) is 32.9 Å². The summed E-state index contributed by atoms with van der Waals surface area (Å²) in [4.78, 5) is 30.7. The summed E-state index contributed by atoms with van der Waals surface area (Å²) in [5.74, 6) is -0.412. The standard InChI is InChI=1S/C17H24N2O4/c1-16(2,3)23-15(21)19-10-6-8-17(19,14(20)22-4)11-13-7-5-9-18-12-13/h5,7,9,12H,6,8,10-11H2,1-4H3. The Bertz CT molecular complexity index is 568. The van der Waals surface area contributed by atoms with Crippen LogP contribution in [-0.4, -0.2) is 46.7 Å². The van der Waals surface area contributed by atoms with Gasteiger partial charge in [-0.2, -0.15) is 0 Å². The second-order valence-corrected chi connectivity index (χ2v) is 6.80. The number of nitrogens with zero attached hydrogens (tertiary/aromatic N) is 2. The zero-order valence-corrected chi connectivity index (χ0v) is 14.2. The molecule has 1 unspecified atom stereocenters. The monoisotopic (exact) mass is 320 g/mol. The highest BCUT2D eigenvalue weighted by Crippen LogP contribution is 2.35. The first kappa shape index (κ1) is 17.2. The van der Waals surface area contributed by atoms with Crippen molar-refractivity contribution in [1.29, 1.82) is 0 Å². The number of hydrogen-bond acceptors (Lipinski definition) is 5. The molecule has 23 heavy (non-hydrogen) atoms. The topological polar surface area (TPSA) is 68.7 Å². The molecular formula is C17H24N2O4. The maximum absolute atomic E-state index is 12.6. The van der Waals surface area contributed by atoms with Gasteiger partial charge in [-0.25, -0.2) is 9.59 Å². The fourth-order valence-electron chi connectivity index (χ4n) is 2.96. The van der Waals surface area contributed by atoms with E-state index in [-0.39, 0.29) is 0 Å². The zero-order valence-electron chi connectivity index (χ0n) is 14.2. The molecule has 1 aliphatic heterocycles. The molecule has 1 aromatic heterocycles. The third kappa shape index (κ3) is 3.81. The number of methoxy groups -OCH3 is 1. The van der Waals surface area contributed by atoms with E-state index in [1.165, 1.54) is 12.0 Å². The van der Waals surface area contributed by atoms with Crippen LogP contribution in [-0.2, 0) is 20.7 Å². The van der Waals surface area contributed by atoms with Gasteiger partial charge in [-0.3, -0.25) is 9.88 Å². The van der Waals surface area contributed by atoms with Crippen LogP contribution in [0.5, 0.6) is 0 Å². The molecule has 0 N–H and O–H groups in total. The molecule has 2 heterocycles. The summed E-state index contributed by atoms with van der Waals surface area (Å²) in [7, 11) is 1.35. The van der Waals surface area contributed by atoms with Gasteiger partial charge >= 0.3 is 12.1 Å². The molecule has 1 aromatic rings. The Hall–Kier alpha value is -2.11. The first-order valence-corrected chi connectivity index (χ1v) is 7.76. The molecule has 0 spiro atoms. The maximum atomic E-state index is 12.6. The number of pyridine rings is 1. The van der Waals surface area contributed by atoms with Crippen LogP contribution in [0.3, 0.4) is 0 Å². The van der Waals surface area contributed by atoms with E-state index < -0.39 is 23.2 Å². The first-order chi connectivity index (χ1) is 10.8. The van der Waals surface area contributed by atoms with Crippen molar-refractivity contribution in [3.8, 4) is 0 Å². The van der Waals surface area contributed by atoms with Crippen LogP contribution in [0.25, 0.3) is 0 Å². The van der Waals surface area contributed by atoms with E-state index in [4.69, 9.17) is 9.47 Å². The summed E-state index contributed by atoms with van der Waals surface area (Å²) in [5, 5.41) is 0. The van der Waals surface area contributed by atoms with Crippen LogP contribution in [0, 0.1) is 0 Å². The molecule has 0 bridgehead atoms. The van der Waals surface area contributed by atoms with Crippen molar-refractivity contribution >= 4 is 12.1 Å². The van der Waals surface area contributed by atoms with Gasteiger partial charge in [-0.15, -0.1) is 0 Å². The van der Waals surface area contributed by atoms with Gasteiger partial charge in [-0.05, 0) is 45.2 Å². The number of likely N-dealkylation sites (tertiary alicyclic amines) is 1. The predicted octanol–water partition coefficient (Wildman–Crippen LogP) is 2.57. The fraction of sp³-hybridized carbons (Fsp3) is 0.588. The molecule has 1 aliphatic rings. The fourth-order valence-corrected chi connectivity index (χ4v) is 2.96. The molecular weight excluding hydrogens is 296 g/mol. The average molecular weight is 320 g/mol. The highest BCUT2D eigenvalue weighted by molar-refractivity contribution is 5.87. The van der Waals surface area contributed by atoms with Gasteiger partial charge in [-0.1, -0.05) is 6.07 Å². The van der Waals surface area contributed by atoms with E-state index in [1.54, 1.807) is 12.4 Å². The van der Waals surface area contributed by atoms with Crippen molar-refractivity contribution in [3.05, 3.63) is 30.1 Å². The first-order valence-electron chi connectivity index (χ1n) is 7.76. The van der Waals surface area contributed by atoms with Crippen molar-refractivity contribution < 1.29 is 19.1 Å². The molecule has 0 saturated carbocycles. The number of hydrogen-bond donors (Lipinski definition) is 0. The van der Waals surface area contributed by atoms with Gasteiger partial charge in [0, 0.05) is 25.4 Å². The van der Waals surface area contributed by atoms with E-state index in [9.17, 15) is 9.59 Å². The minimum atomic E-state index is -1.03. The number of aromatic nitrogens is 1. The second kappa shape index (κ2) is 6.56. The smallest absolute Gasteiger partial charge is 0.411 e. The summed E-state index contributed by atoms with van der Waals surface area (Å²) in [6.07, 6.45) is 4.55. The summed E-state index contributed by atoms with van der Waals surface area (Å²) in [6, 6.07) is 3.70. The van der Waals surface area contributed by atoms with Crippen molar-refractivity contribution in [3.63, 3.8) is 0 Å². The minimum Gasteiger partial charge on any atom is -0.467 e. The van der Waals surface area contributed by atoms with Crippen LogP contribution in [0.4, 0.5) is 4.79 Å². The molecule has 6 nitrogen and oxygen atoms in total. The number of carbonyl (C=O) groups excluding carboxylic acids is 2. The molecule has 1 saturated heterocycles. The summed E-state index contributed by atoms with van der Waals surface area (Å²) < 4.78 is 10.5. The lowest BCUT2D eigenvalue weighted by atomic mass is 9.88. The third-order valence-electron chi connectivity index (χ3n) is 3.89. The Morgan fingerprint density at radius 3 is 2.70 bits per heavy atom. The number of amides is 1. The Labute approximate surface area is 136 Å². The highest BCUT2D eigenvalue weighted by Gasteiger charge is 2.52. The zero-order chi connectivity index (χ0) is 17.1. The molecule has 0 aromatic carbocycles. The lowest BCUT2D eigenvalue weighted by Crippen LogP contribution is -2.56. The molecule has 1 atom stereocenters. The van der Waals surface area contributed by atoms with Crippen LogP contribution in [0.15, 0.2) is 24.5 Å². The van der Waals surface area contributed by atoms with E-state index in [0.717, 1.165) is 12.0 Å². The van der Waals surface area contributed by atoms with Crippen LogP contribution in [0.2, 0.25) is 0 Å². The Balaban J connectivity index is 2.32. The van der Waals surface area contributed by atoms with E-state index in [2.05, 4.69) is 4.98 Å². The van der Waals surface area contributed by atoms with E-state index >= 15 is 0 Å². The average Bonchev–Trinajstić information content (AvgIpc) is 2.90. The molecule has 1 amide bonds.